The van der Waals surface area contributed by atoms with Crippen LogP contribution in [-0.4, -0.2) is 53.0 Å². The van der Waals surface area contributed by atoms with Gasteiger partial charge < -0.3 is 19.7 Å². The number of likely N-dealkylation sites (tertiary alicyclic amines) is 1. The Hall–Kier alpha value is -3.38. The van der Waals surface area contributed by atoms with Crippen LogP contribution < -0.4 is 10.1 Å². The third-order valence-corrected chi connectivity index (χ3v) is 6.31. The molecule has 1 aromatic carbocycles. The number of anilines is 1. The second-order valence-corrected chi connectivity index (χ2v) is 9.91. The van der Waals surface area contributed by atoms with Crippen molar-refractivity contribution in [1.29, 1.82) is 5.26 Å². The van der Waals surface area contributed by atoms with Gasteiger partial charge in [0.1, 0.15) is 17.0 Å². The van der Waals surface area contributed by atoms with Crippen molar-refractivity contribution in [3.05, 3.63) is 35.2 Å². The average Bonchev–Trinajstić information content (AvgIpc) is 3.28. The SMILES string of the molecule is COc1cc(C#N)ccc1-c1nnc(N[C@@H]2CCCN(C(=O)OC(C)(C)C)C2)c2ccsc12. The molecule has 0 unspecified atom stereocenters. The van der Waals surface area contributed by atoms with E-state index in [0.717, 1.165) is 28.5 Å². The van der Waals surface area contributed by atoms with Gasteiger partial charge in [0.2, 0.25) is 0 Å². The lowest BCUT2D eigenvalue weighted by molar-refractivity contribution is 0.0206. The molecule has 0 radical (unpaired) electrons. The second kappa shape index (κ2) is 9.24. The summed E-state index contributed by atoms with van der Waals surface area (Å²) in [5.41, 5.74) is 1.51. The maximum Gasteiger partial charge on any atom is 0.410 e. The van der Waals surface area contributed by atoms with Crippen LogP contribution in [0.25, 0.3) is 21.3 Å². The van der Waals surface area contributed by atoms with Crippen LogP contribution >= 0.6 is 11.3 Å². The number of carbonyl (C=O) groups excluding carboxylic acids is 1. The van der Waals surface area contributed by atoms with Gasteiger partial charge in [0, 0.05) is 30.1 Å². The number of hydrogen-bond donors (Lipinski definition) is 1. The van der Waals surface area contributed by atoms with E-state index in [4.69, 9.17) is 9.47 Å². The maximum absolute atomic E-state index is 12.5. The Kier molecular flexibility index (Phi) is 6.38. The number of methoxy groups -OCH3 is 1. The average molecular weight is 466 g/mol. The van der Waals surface area contributed by atoms with Crippen LogP contribution in [0.4, 0.5) is 10.6 Å². The van der Waals surface area contributed by atoms with E-state index >= 15 is 0 Å². The molecule has 1 saturated heterocycles. The van der Waals surface area contributed by atoms with Gasteiger partial charge in [-0.25, -0.2) is 4.79 Å². The minimum Gasteiger partial charge on any atom is -0.496 e. The van der Waals surface area contributed by atoms with Gasteiger partial charge in [-0.2, -0.15) is 5.26 Å². The first-order chi connectivity index (χ1) is 15.8. The summed E-state index contributed by atoms with van der Waals surface area (Å²) in [4.78, 5) is 14.3. The molecule has 0 bridgehead atoms. The van der Waals surface area contributed by atoms with E-state index in [-0.39, 0.29) is 12.1 Å². The Morgan fingerprint density at radius 3 is 2.85 bits per heavy atom. The number of amides is 1. The largest absolute Gasteiger partial charge is 0.496 e. The summed E-state index contributed by atoms with van der Waals surface area (Å²) in [6, 6.07) is 9.50. The summed E-state index contributed by atoms with van der Waals surface area (Å²) in [6.45, 7) is 6.85. The zero-order valence-electron chi connectivity index (χ0n) is 19.2. The van der Waals surface area contributed by atoms with Gasteiger partial charge in [0.05, 0.1) is 23.4 Å². The Morgan fingerprint density at radius 1 is 1.30 bits per heavy atom. The lowest BCUT2D eigenvalue weighted by Gasteiger charge is -2.34. The Bertz CT molecular complexity index is 1210. The van der Waals surface area contributed by atoms with E-state index in [1.165, 1.54) is 0 Å². The fraction of sp³-hybridized carbons (Fsp3) is 0.417. The van der Waals surface area contributed by atoms with Crippen LogP contribution in [0.2, 0.25) is 0 Å². The third-order valence-electron chi connectivity index (χ3n) is 5.39. The first-order valence-electron chi connectivity index (χ1n) is 10.9. The lowest BCUT2D eigenvalue weighted by atomic mass is 10.1. The number of carbonyl (C=O) groups is 1. The number of hydrogen-bond acceptors (Lipinski definition) is 8. The molecule has 33 heavy (non-hydrogen) atoms. The third kappa shape index (κ3) is 5.01. The molecule has 0 spiro atoms. The standard InChI is InChI=1S/C24H27N5O3S/c1-24(2,3)32-23(30)29-10-5-6-16(14-29)26-22-18-9-11-33-21(18)20(27-28-22)17-8-7-15(13-25)12-19(17)31-4/h7-9,11-12,16H,5-6,10,14H2,1-4H3,(H,26,28)/t16-/m1/s1. The number of rotatable bonds is 4. The van der Waals surface area contributed by atoms with Crippen LogP contribution in [-0.2, 0) is 4.74 Å². The maximum atomic E-state index is 12.5. The molecule has 8 nitrogen and oxygen atoms in total. The summed E-state index contributed by atoms with van der Waals surface area (Å²) in [6.07, 6.45) is 1.53. The van der Waals surface area contributed by atoms with Gasteiger partial charge in [-0.1, -0.05) is 0 Å². The van der Waals surface area contributed by atoms with Crippen LogP contribution in [0.3, 0.4) is 0 Å². The van der Waals surface area contributed by atoms with Gasteiger partial charge in [0.25, 0.3) is 0 Å². The number of piperidine rings is 1. The molecular formula is C24H27N5O3S. The van der Waals surface area contributed by atoms with Gasteiger partial charge in [0.15, 0.2) is 5.82 Å². The summed E-state index contributed by atoms with van der Waals surface area (Å²) >= 11 is 1.58. The zero-order chi connectivity index (χ0) is 23.6. The second-order valence-electron chi connectivity index (χ2n) is 9.00. The minimum atomic E-state index is -0.520. The summed E-state index contributed by atoms with van der Waals surface area (Å²) in [5.74, 6) is 1.28. The van der Waals surface area contributed by atoms with Gasteiger partial charge in [-0.15, -0.1) is 21.5 Å². The fourth-order valence-corrected chi connectivity index (χ4v) is 4.79. The van der Waals surface area contributed by atoms with Crippen molar-refractivity contribution in [3.8, 4) is 23.1 Å². The Balaban J connectivity index is 1.58. The Labute approximate surface area is 197 Å². The molecule has 3 heterocycles. The normalized spacial score (nSPS) is 16.3. The number of fused-ring (bicyclic) bond motifs is 1. The molecule has 2 aromatic heterocycles. The number of benzene rings is 1. The van der Waals surface area contributed by atoms with E-state index in [2.05, 4.69) is 21.6 Å². The summed E-state index contributed by atoms with van der Waals surface area (Å²) in [7, 11) is 1.58. The molecule has 0 saturated carbocycles. The predicted octanol–water partition coefficient (Wildman–Crippen LogP) is 5.05. The molecule has 3 aromatic rings. The highest BCUT2D eigenvalue weighted by Gasteiger charge is 2.28. The van der Waals surface area contributed by atoms with E-state index in [1.807, 2.05) is 38.3 Å². The quantitative estimate of drug-likeness (QED) is 0.575. The lowest BCUT2D eigenvalue weighted by Crippen LogP contribution is -2.47. The van der Waals surface area contributed by atoms with E-state index in [1.54, 1.807) is 35.5 Å². The van der Waals surface area contributed by atoms with Crippen molar-refractivity contribution in [3.63, 3.8) is 0 Å². The van der Waals surface area contributed by atoms with Crippen LogP contribution in [0.1, 0.15) is 39.2 Å². The number of nitrogens with one attached hydrogen (secondary N) is 1. The smallest absolute Gasteiger partial charge is 0.410 e. The van der Waals surface area contributed by atoms with E-state index in [9.17, 15) is 10.1 Å². The molecule has 0 aliphatic carbocycles. The zero-order valence-corrected chi connectivity index (χ0v) is 20.0. The topological polar surface area (TPSA) is 100 Å². The molecule has 4 rings (SSSR count). The van der Waals surface area contributed by atoms with E-state index < -0.39 is 5.60 Å². The van der Waals surface area contributed by atoms with Crippen molar-refractivity contribution in [2.24, 2.45) is 0 Å². The molecule has 1 atom stereocenters. The molecule has 1 aliphatic heterocycles. The van der Waals surface area contributed by atoms with Gasteiger partial charge in [-0.3, -0.25) is 0 Å². The van der Waals surface area contributed by atoms with Crippen LogP contribution in [0, 0.1) is 11.3 Å². The van der Waals surface area contributed by atoms with Gasteiger partial charge >= 0.3 is 6.09 Å². The highest BCUT2D eigenvalue weighted by molar-refractivity contribution is 7.17. The monoisotopic (exact) mass is 465 g/mol. The molecule has 1 aliphatic rings. The molecule has 1 N–H and O–H groups in total. The molecule has 9 heteroatoms. The number of nitrogens with zero attached hydrogens (tertiary/aromatic N) is 4. The highest BCUT2D eigenvalue weighted by Crippen LogP contribution is 2.38. The number of aromatic nitrogens is 2. The number of ether oxygens (including phenoxy) is 2. The summed E-state index contributed by atoms with van der Waals surface area (Å²) in [5, 5.41) is 24.6. The first kappa shape index (κ1) is 22.8. The predicted molar refractivity (Wildman–Crippen MR) is 129 cm³/mol. The van der Waals surface area contributed by atoms with Crippen molar-refractivity contribution >= 4 is 33.3 Å². The fourth-order valence-electron chi connectivity index (χ4n) is 3.90. The van der Waals surface area contributed by atoms with Crippen molar-refractivity contribution in [2.75, 3.05) is 25.5 Å². The van der Waals surface area contributed by atoms with E-state index in [0.29, 0.717) is 35.9 Å². The number of nitriles is 1. The van der Waals surface area contributed by atoms with Crippen LogP contribution in [0.5, 0.6) is 5.75 Å². The van der Waals surface area contributed by atoms with Crippen molar-refractivity contribution in [1.82, 2.24) is 15.1 Å². The minimum absolute atomic E-state index is 0.0546. The molecule has 172 valence electrons. The van der Waals surface area contributed by atoms with Crippen LogP contribution in [0.15, 0.2) is 29.6 Å². The summed E-state index contributed by atoms with van der Waals surface area (Å²) < 4.78 is 12.0. The molecular weight excluding hydrogens is 438 g/mol. The van der Waals surface area contributed by atoms with Crippen molar-refractivity contribution in [2.45, 2.75) is 45.3 Å². The molecule has 1 fully saturated rings. The highest BCUT2D eigenvalue weighted by atomic mass is 32.1. The Morgan fingerprint density at radius 2 is 2.12 bits per heavy atom. The van der Waals surface area contributed by atoms with Gasteiger partial charge in [-0.05, 0) is 63.3 Å². The molecule has 1 amide bonds. The first-order valence-corrected chi connectivity index (χ1v) is 11.7. The van der Waals surface area contributed by atoms with Crippen molar-refractivity contribution < 1.29 is 14.3 Å². The number of thiophene rings is 1.